The fraction of sp³-hybridized carbons (Fsp3) is 0.444. The van der Waals surface area contributed by atoms with Crippen molar-refractivity contribution in [1.29, 1.82) is 0 Å². The van der Waals surface area contributed by atoms with E-state index in [0.29, 0.717) is 26.2 Å². The molecule has 1 heterocycles. The topological polar surface area (TPSA) is 77.0 Å². The molecular formula is C27H33NO5. The minimum atomic E-state index is -0.551. The smallest absolute Gasteiger partial charge is 0.286 e. The van der Waals surface area contributed by atoms with Crippen LogP contribution in [0.5, 0.6) is 0 Å². The zero-order valence-corrected chi connectivity index (χ0v) is 19.4. The average molecular weight is 452 g/mol. The van der Waals surface area contributed by atoms with Gasteiger partial charge in [-0.25, -0.2) is 0 Å². The molecule has 0 spiro atoms. The van der Waals surface area contributed by atoms with E-state index in [1.54, 1.807) is 7.11 Å². The molecule has 33 heavy (non-hydrogen) atoms. The first-order valence-corrected chi connectivity index (χ1v) is 11.8. The van der Waals surface area contributed by atoms with E-state index >= 15 is 0 Å². The van der Waals surface area contributed by atoms with Gasteiger partial charge in [0, 0.05) is 38.7 Å². The Labute approximate surface area is 195 Å². The summed E-state index contributed by atoms with van der Waals surface area (Å²) in [6.07, 6.45) is 3.66. The molecule has 2 N–H and O–H groups in total. The number of fused-ring (bicyclic) bond motifs is 3. The Morgan fingerprint density at radius 3 is 2.79 bits per heavy atom. The summed E-state index contributed by atoms with van der Waals surface area (Å²) >= 11 is 0. The van der Waals surface area contributed by atoms with Crippen molar-refractivity contribution < 1.29 is 24.1 Å². The molecule has 4 rings (SSSR count). The Balaban J connectivity index is 1.67. The van der Waals surface area contributed by atoms with E-state index in [0.717, 1.165) is 18.4 Å². The van der Waals surface area contributed by atoms with Crippen LogP contribution < -0.4 is 5.32 Å². The van der Waals surface area contributed by atoms with Gasteiger partial charge in [0.2, 0.25) is 6.29 Å². The molecule has 2 aromatic carbocycles. The Bertz CT molecular complexity index is 1000. The molecule has 0 fully saturated rings. The number of carbonyl (C=O) groups is 1. The second-order valence-corrected chi connectivity index (χ2v) is 8.53. The number of nitrogens with one attached hydrogen (secondary N) is 1. The van der Waals surface area contributed by atoms with Crippen LogP contribution in [0, 0.1) is 5.92 Å². The summed E-state index contributed by atoms with van der Waals surface area (Å²) < 4.78 is 17.0. The molecule has 2 aromatic rings. The monoisotopic (exact) mass is 451 g/mol. The van der Waals surface area contributed by atoms with Gasteiger partial charge in [0.1, 0.15) is 0 Å². The van der Waals surface area contributed by atoms with Gasteiger partial charge in [-0.2, -0.15) is 0 Å². The summed E-state index contributed by atoms with van der Waals surface area (Å²) in [5, 5.41) is 12.3. The maximum absolute atomic E-state index is 12.8. The first-order chi connectivity index (χ1) is 16.2. The van der Waals surface area contributed by atoms with E-state index in [-0.39, 0.29) is 30.1 Å². The number of benzene rings is 2. The van der Waals surface area contributed by atoms with Gasteiger partial charge in [0.05, 0.1) is 6.61 Å². The summed E-state index contributed by atoms with van der Waals surface area (Å²) in [5.41, 5.74) is 6.35. The van der Waals surface area contributed by atoms with Gasteiger partial charge in [-0.05, 0) is 60.1 Å². The fourth-order valence-electron chi connectivity index (χ4n) is 4.87. The third-order valence-corrected chi connectivity index (χ3v) is 6.43. The van der Waals surface area contributed by atoms with E-state index in [1.165, 1.54) is 22.3 Å². The number of aliphatic hydroxyl groups is 1. The minimum Gasteiger partial charge on any atom is -0.459 e. The first-order valence-electron chi connectivity index (χ1n) is 11.8. The van der Waals surface area contributed by atoms with Crippen molar-refractivity contribution in [3.8, 4) is 11.1 Å². The van der Waals surface area contributed by atoms with Crippen molar-refractivity contribution in [2.75, 3.05) is 33.5 Å². The van der Waals surface area contributed by atoms with Crippen molar-refractivity contribution in [1.82, 2.24) is 5.32 Å². The third-order valence-electron chi connectivity index (χ3n) is 6.43. The molecule has 0 bridgehead atoms. The van der Waals surface area contributed by atoms with Crippen LogP contribution in [0.15, 0.2) is 54.3 Å². The molecule has 6 heteroatoms. The highest BCUT2D eigenvalue weighted by atomic mass is 16.7. The summed E-state index contributed by atoms with van der Waals surface area (Å²) in [7, 11) is 1.60. The molecule has 1 aliphatic carbocycles. The summed E-state index contributed by atoms with van der Waals surface area (Å²) in [6.45, 7) is 3.35. The highest BCUT2D eigenvalue weighted by Crippen LogP contribution is 2.43. The van der Waals surface area contributed by atoms with Crippen LogP contribution >= 0.6 is 0 Å². The van der Waals surface area contributed by atoms with Gasteiger partial charge in [-0.1, -0.05) is 42.5 Å². The minimum absolute atomic E-state index is 0.00514. The van der Waals surface area contributed by atoms with E-state index in [9.17, 15) is 9.90 Å². The molecule has 0 saturated carbocycles. The van der Waals surface area contributed by atoms with E-state index in [4.69, 9.17) is 14.2 Å². The predicted octanol–water partition coefficient (Wildman–Crippen LogP) is 3.77. The van der Waals surface area contributed by atoms with Crippen molar-refractivity contribution in [3.05, 3.63) is 71.0 Å². The fourth-order valence-corrected chi connectivity index (χ4v) is 4.87. The molecule has 1 aliphatic heterocycles. The molecule has 0 unspecified atom stereocenters. The van der Waals surface area contributed by atoms with Crippen molar-refractivity contribution >= 4 is 5.91 Å². The molecule has 1 amide bonds. The number of allylic oxidation sites excluding steroid dienone is 1. The van der Waals surface area contributed by atoms with Gasteiger partial charge < -0.3 is 24.6 Å². The van der Waals surface area contributed by atoms with Crippen molar-refractivity contribution in [3.63, 3.8) is 0 Å². The largest absolute Gasteiger partial charge is 0.459 e. The Kier molecular flexibility index (Phi) is 7.81. The van der Waals surface area contributed by atoms with Gasteiger partial charge in [0.15, 0.2) is 5.76 Å². The lowest BCUT2D eigenvalue weighted by molar-refractivity contribution is -0.166. The summed E-state index contributed by atoms with van der Waals surface area (Å²) in [5.74, 6) is -0.0528. The van der Waals surface area contributed by atoms with E-state index in [1.807, 2.05) is 13.0 Å². The van der Waals surface area contributed by atoms with Crippen LogP contribution in [0.25, 0.3) is 11.1 Å². The van der Waals surface area contributed by atoms with Crippen molar-refractivity contribution in [2.24, 2.45) is 5.92 Å². The van der Waals surface area contributed by atoms with Gasteiger partial charge in [0.25, 0.3) is 5.91 Å². The quantitative estimate of drug-likeness (QED) is 0.459. The second-order valence-electron chi connectivity index (χ2n) is 8.53. The molecular weight excluding hydrogens is 418 g/mol. The van der Waals surface area contributed by atoms with E-state index in [2.05, 4.69) is 47.8 Å². The molecule has 0 saturated heterocycles. The molecule has 176 valence electrons. The zero-order chi connectivity index (χ0) is 23.2. The number of amides is 1. The van der Waals surface area contributed by atoms with Crippen LogP contribution in [0.3, 0.4) is 0 Å². The van der Waals surface area contributed by atoms with Crippen LogP contribution in [-0.2, 0) is 25.4 Å². The number of hydrogen-bond donors (Lipinski definition) is 2. The van der Waals surface area contributed by atoms with Gasteiger partial charge >= 0.3 is 0 Å². The SMILES string of the molecule is CCO[C@@H]1OC(C(=O)NCCOC)=C[C@H](c2ccc3c(c2)Cc2ccccc2-3)[C@@H]1CCCO. The van der Waals surface area contributed by atoms with Crippen LogP contribution in [-0.4, -0.2) is 50.8 Å². The zero-order valence-electron chi connectivity index (χ0n) is 19.4. The Morgan fingerprint density at radius 1 is 1.18 bits per heavy atom. The third kappa shape index (κ3) is 5.13. The lowest BCUT2D eigenvalue weighted by atomic mass is 9.80. The average Bonchev–Trinajstić information content (AvgIpc) is 3.21. The predicted molar refractivity (Wildman–Crippen MR) is 127 cm³/mol. The number of methoxy groups -OCH3 is 1. The van der Waals surface area contributed by atoms with Crippen LogP contribution in [0.4, 0.5) is 0 Å². The lowest BCUT2D eigenvalue weighted by Gasteiger charge is -2.37. The lowest BCUT2D eigenvalue weighted by Crippen LogP contribution is -2.39. The van der Waals surface area contributed by atoms with Gasteiger partial charge in [-0.3, -0.25) is 4.79 Å². The standard InChI is InChI=1S/C27H33NO5/c1-3-32-27-23(9-6-13-29)24(17-25(33-27)26(30)28-12-14-31-2)19-10-11-22-20(16-19)15-18-7-4-5-8-21(18)22/h4-5,7-8,10-11,16-17,23-24,27,29H,3,6,9,12-15H2,1-2H3,(H,28,30)/t23-,24+,27+/m0/s1. The second kappa shape index (κ2) is 11.0. The van der Waals surface area contributed by atoms with Crippen LogP contribution in [0.1, 0.15) is 42.4 Å². The Hall–Kier alpha value is -2.67. The molecule has 0 radical (unpaired) electrons. The number of rotatable bonds is 10. The maximum Gasteiger partial charge on any atom is 0.286 e. The summed E-state index contributed by atoms with van der Waals surface area (Å²) in [6, 6.07) is 15.1. The van der Waals surface area contributed by atoms with Crippen LogP contribution in [0.2, 0.25) is 0 Å². The number of carbonyl (C=O) groups excluding carboxylic acids is 1. The number of hydrogen-bond acceptors (Lipinski definition) is 5. The number of aliphatic hydroxyl groups excluding tert-OH is 1. The molecule has 3 atom stereocenters. The molecule has 2 aliphatic rings. The highest BCUT2D eigenvalue weighted by Gasteiger charge is 2.38. The molecule has 6 nitrogen and oxygen atoms in total. The normalized spacial score (nSPS) is 21.1. The highest BCUT2D eigenvalue weighted by molar-refractivity contribution is 5.91. The maximum atomic E-state index is 12.8. The van der Waals surface area contributed by atoms with Crippen molar-refractivity contribution in [2.45, 2.75) is 38.4 Å². The number of ether oxygens (including phenoxy) is 3. The Morgan fingerprint density at radius 2 is 2.00 bits per heavy atom. The first kappa shape index (κ1) is 23.5. The molecule has 0 aromatic heterocycles. The van der Waals surface area contributed by atoms with Gasteiger partial charge in [-0.15, -0.1) is 0 Å². The van der Waals surface area contributed by atoms with E-state index < -0.39 is 6.29 Å². The summed E-state index contributed by atoms with van der Waals surface area (Å²) in [4.78, 5) is 12.8.